The summed E-state index contributed by atoms with van der Waals surface area (Å²) in [6.07, 6.45) is -0.439. The molecule has 4 amide bonds. The van der Waals surface area contributed by atoms with E-state index in [4.69, 9.17) is 21.7 Å². The summed E-state index contributed by atoms with van der Waals surface area (Å²) in [7, 11) is 0. The molecule has 9 N–H and O–H groups in total. The van der Waals surface area contributed by atoms with Crippen LogP contribution in [0, 0.1) is 11.8 Å². The van der Waals surface area contributed by atoms with E-state index in [0.29, 0.717) is 12.8 Å². The van der Waals surface area contributed by atoms with Gasteiger partial charge in [-0.2, -0.15) is 0 Å². The first-order valence-corrected chi connectivity index (χ1v) is 10.6. The second-order valence-electron chi connectivity index (χ2n) is 8.01. The van der Waals surface area contributed by atoms with E-state index in [9.17, 15) is 28.8 Å². The summed E-state index contributed by atoms with van der Waals surface area (Å²) in [4.78, 5) is 71.5. The molecular weight excluding hydrogens is 438 g/mol. The zero-order valence-electron chi connectivity index (χ0n) is 19.3. The predicted molar refractivity (Wildman–Crippen MR) is 116 cm³/mol. The van der Waals surface area contributed by atoms with E-state index in [-0.39, 0.29) is 5.92 Å². The number of carboxylic acids is 2. The summed E-state index contributed by atoms with van der Waals surface area (Å²) in [6.45, 7) is 6.90. The Morgan fingerprint density at radius 1 is 0.758 bits per heavy atom. The van der Waals surface area contributed by atoms with E-state index in [0.717, 1.165) is 0 Å². The lowest BCUT2D eigenvalue weighted by Crippen LogP contribution is -2.59. The van der Waals surface area contributed by atoms with E-state index in [1.165, 1.54) is 0 Å². The molecule has 33 heavy (non-hydrogen) atoms. The predicted octanol–water partition coefficient (Wildman–Crippen LogP) is -1.70. The van der Waals surface area contributed by atoms with Crippen molar-refractivity contribution in [3.63, 3.8) is 0 Å². The van der Waals surface area contributed by atoms with Gasteiger partial charge >= 0.3 is 11.9 Å². The smallest absolute Gasteiger partial charge is 0.326 e. The van der Waals surface area contributed by atoms with Gasteiger partial charge in [0.25, 0.3) is 0 Å². The summed E-state index contributed by atoms with van der Waals surface area (Å²) < 4.78 is 0. The standard InChI is InChI=1S/C20H35N5O8/c1-5-9(3)15(22)18(30)23-11(7-13(21)26)17(29)25-16(10(4)6-2)19(31)24-12(20(32)33)8-14(27)28/h9-12,15-16H,5-8,22H2,1-4H3,(H2,21,26)(H,23,30)(H,24,31)(H,25,29)(H,27,28)(H,32,33). The van der Waals surface area contributed by atoms with Gasteiger partial charge < -0.3 is 37.6 Å². The number of carboxylic acid groups (broad SMARTS) is 2. The zero-order chi connectivity index (χ0) is 25.9. The van der Waals surface area contributed by atoms with Crippen LogP contribution in [-0.4, -0.2) is 69.9 Å². The molecule has 0 radical (unpaired) electrons. The highest BCUT2D eigenvalue weighted by Gasteiger charge is 2.34. The molecule has 0 aromatic carbocycles. The van der Waals surface area contributed by atoms with Crippen molar-refractivity contribution in [3.8, 4) is 0 Å². The summed E-state index contributed by atoms with van der Waals surface area (Å²) in [5.74, 6) is -7.08. The minimum atomic E-state index is -1.71. The van der Waals surface area contributed by atoms with Gasteiger partial charge in [0.1, 0.15) is 18.1 Å². The zero-order valence-corrected chi connectivity index (χ0v) is 19.3. The lowest BCUT2D eigenvalue weighted by molar-refractivity contribution is -0.147. The second kappa shape index (κ2) is 14.0. The molecule has 0 fully saturated rings. The van der Waals surface area contributed by atoms with Gasteiger partial charge in [0.05, 0.1) is 18.9 Å². The number of aliphatic carboxylic acids is 2. The van der Waals surface area contributed by atoms with Crippen LogP contribution in [0.1, 0.15) is 53.4 Å². The van der Waals surface area contributed by atoms with Crippen LogP contribution in [-0.2, 0) is 28.8 Å². The van der Waals surface area contributed by atoms with Crippen LogP contribution in [0.4, 0.5) is 0 Å². The third-order valence-corrected chi connectivity index (χ3v) is 5.38. The van der Waals surface area contributed by atoms with Crippen LogP contribution in [0.25, 0.3) is 0 Å². The highest BCUT2D eigenvalue weighted by Crippen LogP contribution is 2.11. The third kappa shape index (κ3) is 10.3. The van der Waals surface area contributed by atoms with Gasteiger partial charge in [-0.05, 0) is 11.8 Å². The van der Waals surface area contributed by atoms with Gasteiger partial charge in [-0.1, -0.05) is 40.5 Å². The molecule has 13 heteroatoms. The molecule has 6 unspecified atom stereocenters. The molecule has 0 saturated heterocycles. The Hall–Kier alpha value is -3.22. The van der Waals surface area contributed by atoms with Crippen LogP contribution in [0.15, 0.2) is 0 Å². The Morgan fingerprint density at radius 2 is 1.27 bits per heavy atom. The number of carbonyl (C=O) groups is 6. The number of nitrogens with two attached hydrogens (primary N) is 2. The molecule has 0 aromatic heterocycles. The van der Waals surface area contributed by atoms with Crippen LogP contribution in [0.5, 0.6) is 0 Å². The summed E-state index contributed by atoms with van der Waals surface area (Å²) in [6, 6.07) is -5.35. The molecule has 0 aliphatic carbocycles. The second-order valence-corrected chi connectivity index (χ2v) is 8.01. The van der Waals surface area contributed by atoms with Gasteiger partial charge in [-0.25, -0.2) is 4.79 Å². The average molecular weight is 474 g/mol. The van der Waals surface area contributed by atoms with Gasteiger partial charge in [-0.15, -0.1) is 0 Å². The lowest BCUT2D eigenvalue weighted by atomic mass is 9.96. The van der Waals surface area contributed by atoms with Crippen molar-refractivity contribution in [1.29, 1.82) is 0 Å². The largest absolute Gasteiger partial charge is 0.481 e. The Labute approximate surface area is 192 Å². The molecule has 6 atom stereocenters. The molecule has 0 aromatic rings. The van der Waals surface area contributed by atoms with Crippen molar-refractivity contribution in [2.45, 2.75) is 77.5 Å². The summed E-state index contributed by atoms with van der Waals surface area (Å²) in [5, 5.41) is 24.9. The van der Waals surface area contributed by atoms with E-state index in [1.807, 2.05) is 6.92 Å². The number of nitrogens with one attached hydrogen (secondary N) is 3. The number of primary amides is 1. The van der Waals surface area contributed by atoms with Crippen molar-refractivity contribution in [1.82, 2.24) is 16.0 Å². The highest BCUT2D eigenvalue weighted by atomic mass is 16.4. The van der Waals surface area contributed by atoms with Crippen molar-refractivity contribution in [3.05, 3.63) is 0 Å². The minimum absolute atomic E-state index is 0.205. The van der Waals surface area contributed by atoms with Crippen molar-refractivity contribution < 1.29 is 39.0 Å². The van der Waals surface area contributed by atoms with Gasteiger partial charge in [0, 0.05) is 0 Å². The molecule has 0 aliphatic rings. The quantitative estimate of drug-likeness (QED) is 0.143. The maximum atomic E-state index is 12.8. The summed E-state index contributed by atoms with van der Waals surface area (Å²) >= 11 is 0. The van der Waals surface area contributed by atoms with Crippen molar-refractivity contribution >= 4 is 35.6 Å². The first-order valence-electron chi connectivity index (χ1n) is 10.6. The van der Waals surface area contributed by atoms with E-state index >= 15 is 0 Å². The minimum Gasteiger partial charge on any atom is -0.481 e. The maximum absolute atomic E-state index is 12.8. The average Bonchev–Trinajstić information content (AvgIpc) is 2.73. The molecule has 0 heterocycles. The Balaban J connectivity index is 5.64. The Morgan fingerprint density at radius 3 is 1.70 bits per heavy atom. The summed E-state index contributed by atoms with van der Waals surface area (Å²) in [5.41, 5.74) is 11.1. The Bertz CT molecular complexity index is 744. The lowest BCUT2D eigenvalue weighted by Gasteiger charge is -2.28. The van der Waals surface area contributed by atoms with Crippen LogP contribution >= 0.6 is 0 Å². The fraction of sp³-hybridized carbons (Fsp3) is 0.700. The normalized spacial score (nSPS) is 16.3. The fourth-order valence-electron chi connectivity index (χ4n) is 2.78. The van der Waals surface area contributed by atoms with Crippen molar-refractivity contribution in [2.24, 2.45) is 23.3 Å². The molecule has 0 spiro atoms. The molecule has 0 rings (SSSR count). The monoisotopic (exact) mass is 473 g/mol. The van der Waals surface area contributed by atoms with Gasteiger partial charge in [0.2, 0.25) is 23.6 Å². The topological polar surface area (TPSA) is 231 Å². The first-order chi connectivity index (χ1) is 15.2. The SMILES string of the molecule is CCC(C)C(N)C(=O)NC(CC(N)=O)C(=O)NC(C(=O)NC(CC(=O)O)C(=O)O)C(C)CC. The van der Waals surface area contributed by atoms with Crippen LogP contribution < -0.4 is 27.4 Å². The van der Waals surface area contributed by atoms with Crippen LogP contribution in [0.3, 0.4) is 0 Å². The number of amides is 4. The van der Waals surface area contributed by atoms with E-state index < -0.39 is 78.5 Å². The number of rotatable bonds is 15. The number of hydrogen-bond donors (Lipinski definition) is 7. The number of carbonyl (C=O) groups excluding carboxylic acids is 4. The molecule has 0 bridgehead atoms. The van der Waals surface area contributed by atoms with Crippen LogP contribution in [0.2, 0.25) is 0 Å². The molecule has 13 nitrogen and oxygen atoms in total. The van der Waals surface area contributed by atoms with E-state index in [1.54, 1.807) is 20.8 Å². The first kappa shape index (κ1) is 29.8. The van der Waals surface area contributed by atoms with Gasteiger partial charge in [-0.3, -0.25) is 24.0 Å². The molecular formula is C20H35N5O8. The Kier molecular flexibility index (Phi) is 12.7. The third-order valence-electron chi connectivity index (χ3n) is 5.38. The van der Waals surface area contributed by atoms with Gasteiger partial charge in [0.15, 0.2) is 0 Å². The van der Waals surface area contributed by atoms with Crippen molar-refractivity contribution in [2.75, 3.05) is 0 Å². The number of hydrogen-bond acceptors (Lipinski definition) is 7. The molecule has 0 saturated carbocycles. The van der Waals surface area contributed by atoms with E-state index in [2.05, 4.69) is 16.0 Å². The maximum Gasteiger partial charge on any atom is 0.326 e. The fourth-order valence-corrected chi connectivity index (χ4v) is 2.78. The molecule has 0 aliphatic heterocycles. The highest BCUT2D eigenvalue weighted by molar-refractivity contribution is 5.96. The molecule has 188 valence electrons.